The summed E-state index contributed by atoms with van der Waals surface area (Å²) in [5, 5.41) is 13.3. The first kappa shape index (κ1) is 13.5. The van der Waals surface area contributed by atoms with Crippen LogP contribution >= 0.6 is 0 Å². The third-order valence-electron chi connectivity index (χ3n) is 3.46. The van der Waals surface area contributed by atoms with Gasteiger partial charge < -0.3 is 15.3 Å². The third-order valence-corrected chi connectivity index (χ3v) is 3.46. The summed E-state index contributed by atoms with van der Waals surface area (Å²) in [6.07, 6.45) is 4.04. The fourth-order valence-electron chi connectivity index (χ4n) is 2.38. The van der Waals surface area contributed by atoms with E-state index >= 15 is 0 Å². The van der Waals surface area contributed by atoms with Crippen LogP contribution in [0.2, 0.25) is 0 Å². The van der Waals surface area contributed by atoms with Gasteiger partial charge in [0.15, 0.2) is 0 Å². The number of β-amino-alcohol motifs (C(OH)–C–C–N with tert-alkyl or cyclic N) is 1. The minimum atomic E-state index is -0.297. The van der Waals surface area contributed by atoms with Gasteiger partial charge in [0.2, 0.25) is 0 Å². The van der Waals surface area contributed by atoms with E-state index in [-0.39, 0.29) is 12.1 Å². The quantitative estimate of drug-likeness (QED) is 0.795. The van der Waals surface area contributed by atoms with Crippen molar-refractivity contribution in [2.24, 2.45) is 0 Å². The summed E-state index contributed by atoms with van der Waals surface area (Å²) < 4.78 is 0. The Bertz CT molecular complexity index is 338. The molecule has 4 nitrogen and oxygen atoms in total. The Morgan fingerprint density at radius 3 is 2.83 bits per heavy atom. The highest BCUT2D eigenvalue weighted by molar-refractivity contribution is 5.07. The monoisotopic (exact) mass is 249 g/mol. The molecule has 0 aliphatic carbocycles. The van der Waals surface area contributed by atoms with Gasteiger partial charge in [-0.2, -0.15) is 0 Å². The van der Waals surface area contributed by atoms with Gasteiger partial charge in [-0.25, -0.2) is 0 Å². The second-order valence-corrected chi connectivity index (χ2v) is 5.05. The first-order valence-corrected chi connectivity index (χ1v) is 6.80. The number of nitrogens with one attached hydrogen (secondary N) is 1. The molecule has 2 atom stereocenters. The van der Waals surface area contributed by atoms with Crippen molar-refractivity contribution in [2.75, 3.05) is 26.2 Å². The van der Waals surface area contributed by atoms with E-state index in [1.807, 2.05) is 18.2 Å². The molecule has 0 bridgehead atoms. The Labute approximate surface area is 109 Å². The van der Waals surface area contributed by atoms with E-state index in [2.05, 4.69) is 22.1 Å². The SMILES string of the molecule is C[C@@H](NCC(O)CN1CCCC1)c1ccccn1. The van der Waals surface area contributed by atoms with Crippen LogP contribution in [-0.4, -0.2) is 47.3 Å². The van der Waals surface area contributed by atoms with Crippen LogP contribution in [0.4, 0.5) is 0 Å². The van der Waals surface area contributed by atoms with Crippen LogP contribution in [0.15, 0.2) is 24.4 Å². The smallest absolute Gasteiger partial charge is 0.0791 e. The van der Waals surface area contributed by atoms with Gasteiger partial charge in [-0.05, 0) is 45.0 Å². The van der Waals surface area contributed by atoms with Crippen molar-refractivity contribution < 1.29 is 5.11 Å². The van der Waals surface area contributed by atoms with Crippen LogP contribution in [0, 0.1) is 0 Å². The molecular formula is C14H23N3O. The van der Waals surface area contributed by atoms with Gasteiger partial charge >= 0.3 is 0 Å². The molecule has 4 heteroatoms. The lowest BCUT2D eigenvalue weighted by Gasteiger charge is -2.21. The lowest BCUT2D eigenvalue weighted by atomic mass is 10.2. The molecular weight excluding hydrogens is 226 g/mol. The van der Waals surface area contributed by atoms with Gasteiger partial charge in [0.05, 0.1) is 11.8 Å². The molecule has 1 aromatic rings. The molecule has 0 radical (unpaired) electrons. The van der Waals surface area contributed by atoms with Crippen LogP contribution in [0.3, 0.4) is 0 Å². The zero-order valence-electron chi connectivity index (χ0n) is 11.0. The van der Waals surface area contributed by atoms with Crippen molar-refractivity contribution in [1.82, 2.24) is 15.2 Å². The topological polar surface area (TPSA) is 48.4 Å². The minimum Gasteiger partial charge on any atom is -0.390 e. The highest BCUT2D eigenvalue weighted by Crippen LogP contribution is 2.09. The molecule has 1 aliphatic rings. The van der Waals surface area contributed by atoms with Crippen LogP contribution in [0.5, 0.6) is 0 Å². The van der Waals surface area contributed by atoms with Gasteiger partial charge in [-0.15, -0.1) is 0 Å². The zero-order valence-corrected chi connectivity index (χ0v) is 11.0. The van der Waals surface area contributed by atoms with Crippen LogP contribution in [-0.2, 0) is 0 Å². The van der Waals surface area contributed by atoms with Gasteiger partial charge in [-0.3, -0.25) is 4.98 Å². The van der Waals surface area contributed by atoms with E-state index in [0.717, 1.165) is 25.3 Å². The molecule has 18 heavy (non-hydrogen) atoms. The third kappa shape index (κ3) is 4.05. The number of nitrogens with zero attached hydrogens (tertiary/aromatic N) is 2. The lowest BCUT2D eigenvalue weighted by Crippen LogP contribution is -2.37. The largest absolute Gasteiger partial charge is 0.390 e. The molecule has 100 valence electrons. The summed E-state index contributed by atoms with van der Waals surface area (Å²) >= 11 is 0. The molecule has 2 N–H and O–H groups in total. The van der Waals surface area contributed by atoms with Gasteiger partial charge in [-0.1, -0.05) is 6.07 Å². The van der Waals surface area contributed by atoms with Crippen molar-refractivity contribution >= 4 is 0 Å². The van der Waals surface area contributed by atoms with Crippen LogP contribution in [0.1, 0.15) is 31.5 Å². The summed E-state index contributed by atoms with van der Waals surface area (Å²) in [5.74, 6) is 0. The zero-order chi connectivity index (χ0) is 12.8. The predicted octanol–water partition coefficient (Wildman–Crippen LogP) is 1.19. The van der Waals surface area contributed by atoms with E-state index in [1.54, 1.807) is 6.20 Å². The summed E-state index contributed by atoms with van der Waals surface area (Å²) in [5.41, 5.74) is 1.02. The van der Waals surface area contributed by atoms with Gasteiger partial charge in [0.1, 0.15) is 0 Å². The van der Waals surface area contributed by atoms with Gasteiger partial charge in [0, 0.05) is 25.3 Å². The normalized spacial score (nSPS) is 19.9. The van der Waals surface area contributed by atoms with Gasteiger partial charge in [0.25, 0.3) is 0 Å². The van der Waals surface area contributed by atoms with Crippen molar-refractivity contribution in [3.05, 3.63) is 30.1 Å². The summed E-state index contributed by atoms with van der Waals surface area (Å²) in [6.45, 7) is 5.74. The fourth-order valence-corrected chi connectivity index (χ4v) is 2.38. The van der Waals surface area contributed by atoms with Crippen LogP contribution < -0.4 is 5.32 Å². The molecule has 0 amide bonds. The average molecular weight is 249 g/mol. The molecule has 2 heterocycles. The molecule has 1 saturated heterocycles. The molecule has 0 spiro atoms. The average Bonchev–Trinajstić information content (AvgIpc) is 2.90. The lowest BCUT2D eigenvalue weighted by molar-refractivity contribution is 0.121. The second-order valence-electron chi connectivity index (χ2n) is 5.05. The van der Waals surface area contributed by atoms with E-state index in [0.29, 0.717) is 6.54 Å². The highest BCUT2D eigenvalue weighted by Gasteiger charge is 2.16. The number of aromatic nitrogens is 1. The number of aliphatic hydroxyl groups is 1. The molecule has 2 rings (SSSR count). The standard InChI is InChI=1S/C14H23N3O/c1-12(14-6-2-3-7-15-14)16-10-13(18)11-17-8-4-5-9-17/h2-3,6-7,12-13,16,18H,4-5,8-11H2,1H3/t12-,13?/m1/s1. The van der Waals surface area contributed by atoms with Crippen LogP contribution in [0.25, 0.3) is 0 Å². The Morgan fingerprint density at radius 2 is 2.17 bits per heavy atom. The number of rotatable bonds is 6. The van der Waals surface area contributed by atoms with E-state index in [1.165, 1.54) is 12.8 Å². The molecule has 1 aliphatic heterocycles. The van der Waals surface area contributed by atoms with Crippen molar-refractivity contribution in [1.29, 1.82) is 0 Å². The molecule has 1 fully saturated rings. The van der Waals surface area contributed by atoms with Crippen molar-refractivity contribution in [2.45, 2.75) is 31.9 Å². The summed E-state index contributed by atoms with van der Waals surface area (Å²) in [7, 11) is 0. The number of hydrogen-bond acceptors (Lipinski definition) is 4. The summed E-state index contributed by atoms with van der Waals surface area (Å²) in [4.78, 5) is 6.64. The maximum atomic E-state index is 9.98. The first-order valence-electron chi connectivity index (χ1n) is 6.80. The van der Waals surface area contributed by atoms with Crippen molar-refractivity contribution in [3.8, 4) is 0 Å². The Balaban J connectivity index is 1.70. The maximum absolute atomic E-state index is 9.98. The Morgan fingerprint density at radius 1 is 1.39 bits per heavy atom. The maximum Gasteiger partial charge on any atom is 0.0791 e. The Kier molecular flexibility index (Phi) is 5.11. The number of pyridine rings is 1. The number of aliphatic hydroxyl groups excluding tert-OH is 1. The number of likely N-dealkylation sites (tertiary alicyclic amines) is 1. The van der Waals surface area contributed by atoms with E-state index < -0.39 is 0 Å². The predicted molar refractivity (Wildman–Crippen MR) is 72.3 cm³/mol. The van der Waals surface area contributed by atoms with E-state index in [9.17, 15) is 5.11 Å². The molecule has 0 aromatic carbocycles. The first-order chi connectivity index (χ1) is 8.75. The second kappa shape index (κ2) is 6.83. The fraction of sp³-hybridized carbons (Fsp3) is 0.643. The molecule has 0 saturated carbocycles. The molecule has 1 aromatic heterocycles. The minimum absolute atomic E-state index is 0.180. The summed E-state index contributed by atoms with van der Waals surface area (Å²) in [6, 6.07) is 6.09. The van der Waals surface area contributed by atoms with E-state index in [4.69, 9.17) is 0 Å². The number of hydrogen-bond donors (Lipinski definition) is 2. The Hall–Kier alpha value is -0.970. The highest BCUT2D eigenvalue weighted by atomic mass is 16.3. The van der Waals surface area contributed by atoms with Crippen molar-refractivity contribution in [3.63, 3.8) is 0 Å². The molecule has 1 unspecified atom stereocenters.